The highest BCUT2D eigenvalue weighted by molar-refractivity contribution is 9.10. The normalized spacial score (nSPS) is 10.7. The third-order valence-corrected chi connectivity index (χ3v) is 2.82. The van der Waals surface area contributed by atoms with Crippen LogP contribution in [0.5, 0.6) is 5.75 Å². The summed E-state index contributed by atoms with van der Waals surface area (Å²) in [4.78, 5) is 14.1. The van der Waals surface area contributed by atoms with Crippen molar-refractivity contribution in [3.63, 3.8) is 0 Å². The molecule has 1 aromatic rings. The predicted octanol–water partition coefficient (Wildman–Crippen LogP) is 3.03. The molecule has 15 heavy (non-hydrogen) atoms. The van der Waals surface area contributed by atoms with E-state index in [2.05, 4.69) is 20.9 Å². The van der Waals surface area contributed by atoms with Gasteiger partial charge in [0.25, 0.3) is 0 Å². The molecule has 4 heteroatoms. The van der Waals surface area contributed by atoms with E-state index in [0.29, 0.717) is 0 Å². The molecular weight excluding hydrogens is 258 g/mol. The van der Waals surface area contributed by atoms with Crippen LogP contribution in [0.4, 0.5) is 0 Å². The topological polar surface area (TPSA) is 38.7 Å². The second-order valence-electron chi connectivity index (χ2n) is 3.61. The van der Waals surface area contributed by atoms with Gasteiger partial charge in [-0.05, 0) is 31.5 Å². The molecule has 0 heterocycles. The van der Waals surface area contributed by atoms with Crippen molar-refractivity contribution in [1.29, 1.82) is 0 Å². The zero-order valence-corrected chi connectivity index (χ0v) is 10.5. The fourth-order valence-corrected chi connectivity index (χ4v) is 2.14. The van der Waals surface area contributed by atoms with E-state index in [4.69, 9.17) is 4.74 Å². The number of halogens is 1. The Kier molecular flexibility index (Phi) is 3.66. The molecule has 3 nitrogen and oxygen atoms in total. The van der Waals surface area contributed by atoms with Crippen molar-refractivity contribution in [2.24, 2.45) is 4.99 Å². The molecule has 1 rings (SSSR count). The molecule has 0 saturated carbocycles. The van der Waals surface area contributed by atoms with Gasteiger partial charge in [-0.15, -0.1) is 0 Å². The molecule has 0 saturated heterocycles. The van der Waals surface area contributed by atoms with Crippen molar-refractivity contribution < 1.29 is 9.53 Å². The maximum Gasteiger partial charge on any atom is 0.235 e. The lowest BCUT2D eigenvalue weighted by atomic mass is 9.95. The van der Waals surface area contributed by atoms with Gasteiger partial charge in [-0.3, -0.25) is 0 Å². The Morgan fingerprint density at radius 1 is 1.47 bits per heavy atom. The second-order valence-corrected chi connectivity index (χ2v) is 4.46. The molecule has 0 bridgehead atoms. The Morgan fingerprint density at radius 2 is 2.13 bits per heavy atom. The number of nitrogens with zero attached hydrogens (tertiary/aromatic N) is 1. The summed E-state index contributed by atoms with van der Waals surface area (Å²) in [6.45, 7) is 3.70. The van der Waals surface area contributed by atoms with Crippen molar-refractivity contribution in [3.8, 4) is 5.75 Å². The SMILES string of the molecule is COc1ccc(C(C)(C)N=C=O)c(Br)c1. The number of carbonyl (C=O) groups excluding carboxylic acids is 1. The molecule has 0 N–H and O–H groups in total. The van der Waals surface area contributed by atoms with Crippen molar-refractivity contribution in [2.45, 2.75) is 19.4 Å². The first-order valence-corrected chi connectivity index (χ1v) is 5.23. The lowest BCUT2D eigenvalue weighted by Gasteiger charge is -2.19. The van der Waals surface area contributed by atoms with Crippen LogP contribution in [0.25, 0.3) is 0 Å². The quantitative estimate of drug-likeness (QED) is 0.625. The number of aliphatic imine (C=N–C) groups is 1. The van der Waals surface area contributed by atoms with Gasteiger partial charge >= 0.3 is 0 Å². The van der Waals surface area contributed by atoms with Crippen LogP contribution >= 0.6 is 15.9 Å². The molecule has 0 aliphatic carbocycles. The first kappa shape index (κ1) is 12.0. The van der Waals surface area contributed by atoms with Crippen LogP contribution in [0.15, 0.2) is 27.7 Å². The highest BCUT2D eigenvalue weighted by Gasteiger charge is 2.22. The largest absolute Gasteiger partial charge is 0.497 e. The summed E-state index contributed by atoms with van der Waals surface area (Å²) < 4.78 is 5.95. The summed E-state index contributed by atoms with van der Waals surface area (Å²) in [6, 6.07) is 5.56. The van der Waals surface area contributed by atoms with Gasteiger partial charge in [0, 0.05) is 4.47 Å². The van der Waals surface area contributed by atoms with Crippen LogP contribution in [-0.4, -0.2) is 13.2 Å². The number of isocyanates is 1. The lowest BCUT2D eigenvalue weighted by molar-refractivity contribution is 0.413. The average molecular weight is 270 g/mol. The number of rotatable bonds is 3. The summed E-state index contributed by atoms with van der Waals surface area (Å²) in [6.07, 6.45) is 1.59. The number of hydrogen-bond acceptors (Lipinski definition) is 3. The number of hydrogen-bond donors (Lipinski definition) is 0. The van der Waals surface area contributed by atoms with Gasteiger partial charge in [-0.1, -0.05) is 22.0 Å². The molecule has 80 valence electrons. The third kappa shape index (κ3) is 2.67. The molecule has 0 fully saturated rings. The molecule has 0 aliphatic heterocycles. The van der Waals surface area contributed by atoms with E-state index in [1.54, 1.807) is 13.2 Å². The fourth-order valence-electron chi connectivity index (χ4n) is 1.29. The zero-order chi connectivity index (χ0) is 11.5. The molecule has 0 amide bonds. The Bertz CT molecular complexity index is 409. The minimum absolute atomic E-state index is 0.577. The van der Waals surface area contributed by atoms with E-state index in [1.165, 1.54) is 0 Å². The van der Waals surface area contributed by atoms with Gasteiger partial charge in [0.15, 0.2) is 0 Å². The Balaban J connectivity index is 3.21. The Hall–Kier alpha value is -1.12. The van der Waals surface area contributed by atoms with Crippen LogP contribution in [0.2, 0.25) is 0 Å². The number of ether oxygens (including phenoxy) is 1. The maximum atomic E-state index is 10.3. The monoisotopic (exact) mass is 269 g/mol. The van der Waals surface area contributed by atoms with E-state index >= 15 is 0 Å². The molecule has 0 atom stereocenters. The molecule has 1 aromatic carbocycles. The van der Waals surface area contributed by atoms with Crippen LogP contribution in [0.1, 0.15) is 19.4 Å². The van der Waals surface area contributed by atoms with Crippen LogP contribution < -0.4 is 4.74 Å². The first-order valence-electron chi connectivity index (χ1n) is 4.44. The van der Waals surface area contributed by atoms with Gasteiger partial charge in [0.2, 0.25) is 6.08 Å². The van der Waals surface area contributed by atoms with E-state index < -0.39 is 5.54 Å². The lowest BCUT2D eigenvalue weighted by Crippen LogP contribution is -2.14. The average Bonchev–Trinajstić information content (AvgIpc) is 2.17. The van der Waals surface area contributed by atoms with Crippen LogP contribution in [0, 0.1) is 0 Å². The van der Waals surface area contributed by atoms with Gasteiger partial charge in [0.1, 0.15) is 5.75 Å². The van der Waals surface area contributed by atoms with E-state index in [9.17, 15) is 4.79 Å². The van der Waals surface area contributed by atoms with Gasteiger partial charge in [0.05, 0.1) is 12.6 Å². The third-order valence-electron chi connectivity index (χ3n) is 2.16. The summed E-state index contributed by atoms with van der Waals surface area (Å²) >= 11 is 3.42. The summed E-state index contributed by atoms with van der Waals surface area (Å²) in [5, 5.41) is 0. The standard InChI is InChI=1S/C11H12BrNO2/c1-11(2,13-7-14)9-5-4-8(15-3)6-10(9)12/h4-6H,1-3H3. The van der Waals surface area contributed by atoms with Crippen LogP contribution in [0.3, 0.4) is 0 Å². The van der Waals surface area contributed by atoms with Crippen LogP contribution in [-0.2, 0) is 10.3 Å². The number of benzene rings is 1. The van der Waals surface area contributed by atoms with Crippen molar-refractivity contribution in [2.75, 3.05) is 7.11 Å². The molecular formula is C11H12BrNO2. The predicted molar refractivity (Wildman–Crippen MR) is 61.8 cm³/mol. The van der Waals surface area contributed by atoms with Gasteiger partial charge < -0.3 is 4.74 Å². The molecule has 0 aliphatic rings. The van der Waals surface area contributed by atoms with E-state index in [0.717, 1.165) is 15.8 Å². The van der Waals surface area contributed by atoms with E-state index in [-0.39, 0.29) is 0 Å². The molecule has 0 radical (unpaired) electrons. The fraction of sp³-hybridized carbons (Fsp3) is 0.364. The summed E-state index contributed by atoms with van der Waals surface area (Å²) in [5.41, 5.74) is 0.346. The summed E-state index contributed by atoms with van der Waals surface area (Å²) in [7, 11) is 1.61. The molecule has 0 aromatic heterocycles. The number of methoxy groups -OCH3 is 1. The highest BCUT2D eigenvalue weighted by atomic mass is 79.9. The van der Waals surface area contributed by atoms with Crippen molar-refractivity contribution in [1.82, 2.24) is 0 Å². The minimum atomic E-state index is -0.577. The Labute approximate surface area is 97.3 Å². The smallest absolute Gasteiger partial charge is 0.235 e. The summed E-state index contributed by atoms with van der Waals surface area (Å²) in [5.74, 6) is 0.761. The van der Waals surface area contributed by atoms with E-state index in [1.807, 2.05) is 32.0 Å². The minimum Gasteiger partial charge on any atom is -0.497 e. The van der Waals surface area contributed by atoms with Crippen molar-refractivity contribution >= 4 is 22.0 Å². The van der Waals surface area contributed by atoms with Gasteiger partial charge in [-0.25, -0.2) is 4.79 Å². The van der Waals surface area contributed by atoms with Crippen molar-refractivity contribution in [3.05, 3.63) is 28.2 Å². The second kappa shape index (κ2) is 4.60. The Morgan fingerprint density at radius 3 is 2.60 bits per heavy atom. The van der Waals surface area contributed by atoms with Gasteiger partial charge in [-0.2, -0.15) is 4.99 Å². The first-order chi connectivity index (χ1) is 7.01. The molecule has 0 spiro atoms. The molecule has 0 unspecified atom stereocenters. The highest BCUT2D eigenvalue weighted by Crippen LogP contribution is 2.33. The maximum absolute atomic E-state index is 10.3. The zero-order valence-electron chi connectivity index (χ0n) is 8.87.